The van der Waals surface area contributed by atoms with Gasteiger partial charge in [0.25, 0.3) is 5.91 Å². The van der Waals surface area contributed by atoms with E-state index in [2.05, 4.69) is 26.3 Å². The monoisotopic (exact) mass is 428 g/mol. The number of nitrogens with two attached hydrogens (primary N) is 1. The third kappa shape index (κ3) is 4.48. The topological polar surface area (TPSA) is 90.0 Å². The molecule has 3 rings (SSSR count). The Morgan fingerprint density at radius 2 is 2.00 bits per heavy atom. The second-order valence-corrected chi connectivity index (χ2v) is 6.46. The molecule has 0 atom stereocenters. The van der Waals surface area contributed by atoms with Gasteiger partial charge in [-0.2, -0.15) is 5.10 Å². The summed E-state index contributed by atoms with van der Waals surface area (Å²) >= 11 is 3.26. The summed E-state index contributed by atoms with van der Waals surface area (Å²) in [4.78, 5) is 23.4. The molecule has 2 amide bonds. The van der Waals surface area contributed by atoms with E-state index in [1.54, 1.807) is 42.7 Å². The Labute approximate surface area is 162 Å². The molecule has 1 aromatic heterocycles. The maximum atomic E-state index is 14.3. The number of carbonyl (C=O) groups excluding carboxylic acids is 2. The van der Waals surface area contributed by atoms with E-state index in [4.69, 9.17) is 5.73 Å². The standard InChI is InChI=1S/C19H14BrFN4O2/c20-13-10-23-25(11-13)17-7-5-12(9-15(17)21)6-8-18(26)24-16-4-2-1-3-14(16)19(22)27/h1-11H,(H2,22,27)(H,24,26)/b8-6+. The van der Waals surface area contributed by atoms with Crippen molar-refractivity contribution >= 4 is 39.5 Å². The van der Waals surface area contributed by atoms with Gasteiger partial charge in [0.05, 0.1) is 21.9 Å². The predicted molar refractivity (Wildman–Crippen MR) is 104 cm³/mol. The summed E-state index contributed by atoms with van der Waals surface area (Å²) in [6, 6.07) is 10.9. The lowest BCUT2D eigenvalue weighted by molar-refractivity contribution is -0.111. The van der Waals surface area contributed by atoms with Crippen LogP contribution in [-0.4, -0.2) is 21.6 Å². The first-order valence-electron chi connectivity index (χ1n) is 7.82. The van der Waals surface area contributed by atoms with Crippen molar-refractivity contribution in [2.75, 3.05) is 5.32 Å². The third-order valence-corrected chi connectivity index (χ3v) is 4.06. The summed E-state index contributed by atoms with van der Waals surface area (Å²) in [6.07, 6.45) is 5.91. The molecular formula is C19H14BrFN4O2. The number of carbonyl (C=O) groups is 2. The van der Waals surface area contributed by atoms with E-state index in [1.165, 1.54) is 29.0 Å². The number of nitrogens with zero attached hydrogens (tertiary/aromatic N) is 2. The number of halogens is 2. The van der Waals surface area contributed by atoms with Crippen molar-refractivity contribution in [3.05, 3.63) is 82.4 Å². The highest BCUT2D eigenvalue weighted by molar-refractivity contribution is 9.10. The Kier molecular flexibility index (Phi) is 5.46. The molecule has 136 valence electrons. The summed E-state index contributed by atoms with van der Waals surface area (Å²) in [7, 11) is 0. The van der Waals surface area contributed by atoms with E-state index in [1.807, 2.05) is 0 Å². The molecule has 1 heterocycles. The summed E-state index contributed by atoms with van der Waals surface area (Å²) in [5.74, 6) is -1.59. The van der Waals surface area contributed by atoms with Gasteiger partial charge in [0.15, 0.2) is 0 Å². The van der Waals surface area contributed by atoms with E-state index >= 15 is 0 Å². The second kappa shape index (κ2) is 7.96. The first-order valence-corrected chi connectivity index (χ1v) is 8.61. The number of primary amides is 1. The molecule has 0 radical (unpaired) electrons. The summed E-state index contributed by atoms with van der Waals surface area (Å²) in [6.45, 7) is 0. The summed E-state index contributed by atoms with van der Waals surface area (Å²) in [5.41, 5.74) is 6.58. The zero-order chi connectivity index (χ0) is 19.4. The largest absolute Gasteiger partial charge is 0.366 e. The smallest absolute Gasteiger partial charge is 0.250 e. The van der Waals surface area contributed by atoms with E-state index in [9.17, 15) is 14.0 Å². The molecule has 6 nitrogen and oxygen atoms in total. The van der Waals surface area contributed by atoms with Crippen LogP contribution in [0.25, 0.3) is 11.8 Å². The van der Waals surface area contributed by atoms with Gasteiger partial charge in [0, 0.05) is 12.3 Å². The highest BCUT2D eigenvalue weighted by atomic mass is 79.9. The second-order valence-electron chi connectivity index (χ2n) is 5.55. The van der Waals surface area contributed by atoms with Crippen molar-refractivity contribution in [1.82, 2.24) is 9.78 Å². The quantitative estimate of drug-likeness (QED) is 0.609. The number of nitrogens with one attached hydrogen (secondary N) is 1. The van der Waals surface area contributed by atoms with Gasteiger partial charge in [-0.05, 0) is 51.8 Å². The average Bonchev–Trinajstić information content (AvgIpc) is 3.06. The SMILES string of the molecule is NC(=O)c1ccccc1NC(=O)/C=C/c1ccc(-n2cc(Br)cn2)c(F)c1. The zero-order valence-corrected chi connectivity index (χ0v) is 15.5. The molecular weight excluding hydrogens is 415 g/mol. The number of rotatable bonds is 5. The first-order chi connectivity index (χ1) is 12.9. The summed E-state index contributed by atoms with van der Waals surface area (Å²) in [5, 5.41) is 6.61. The van der Waals surface area contributed by atoms with Crippen LogP contribution >= 0.6 is 15.9 Å². The Balaban J connectivity index is 1.73. The van der Waals surface area contributed by atoms with Crippen LogP contribution in [0.3, 0.4) is 0 Å². The van der Waals surface area contributed by atoms with Crippen LogP contribution in [0.5, 0.6) is 0 Å². The molecule has 0 saturated carbocycles. The molecule has 0 aliphatic heterocycles. The fourth-order valence-corrected chi connectivity index (χ4v) is 2.68. The number of para-hydroxylation sites is 1. The third-order valence-electron chi connectivity index (χ3n) is 3.65. The Hall–Kier alpha value is -3.26. The lowest BCUT2D eigenvalue weighted by atomic mass is 10.1. The lowest BCUT2D eigenvalue weighted by Gasteiger charge is -2.06. The molecule has 8 heteroatoms. The first kappa shape index (κ1) is 18.5. The average molecular weight is 429 g/mol. The van der Waals surface area contributed by atoms with Gasteiger partial charge in [-0.25, -0.2) is 9.07 Å². The van der Waals surface area contributed by atoms with Crippen LogP contribution in [0.1, 0.15) is 15.9 Å². The molecule has 0 aliphatic carbocycles. The van der Waals surface area contributed by atoms with Gasteiger partial charge < -0.3 is 11.1 Å². The Bertz CT molecular complexity index is 1050. The Morgan fingerprint density at radius 1 is 1.22 bits per heavy atom. The lowest BCUT2D eigenvalue weighted by Crippen LogP contribution is -2.16. The Morgan fingerprint density at radius 3 is 2.67 bits per heavy atom. The fraction of sp³-hybridized carbons (Fsp3) is 0. The minimum atomic E-state index is -0.641. The predicted octanol–water partition coefficient (Wildman–Crippen LogP) is 3.52. The molecule has 3 aromatic rings. The fourth-order valence-electron chi connectivity index (χ4n) is 2.40. The number of hydrogen-bond donors (Lipinski definition) is 2. The minimum absolute atomic E-state index is 0.208. The van der Waals surface area contributed by atoms with Crippen LogP contribution < -0.4 is 11.1 Å². The van der Waals surface area contributed by atoms with Gasteiger partial charge >= 0.3 is 0 Å². The number of aromatic nitrogens is 2. The number of amides is 2. The van der Waals surface area contributed by atoms with Crippen molar-refractivity contribution in [2.45, 2.75) is 0 Å². The molecule has 0 aliphatic rings. The molecule has 0 spiro atoms. The van der Waals surface area contributed by atoms with Gasteiger partial charge in [-0.15, -0.1) is 0 Å². The van der Waals surface area contributed by atoms with Gasteiger partial charge in [0.1, 0.15) is 11.5 Å². The molecule has 0 fully saturated rings. The highest BCUT2D eigenvalue weighted by Crippen LogP contribution is 2.18. The maximum Gasteiger partial charge on any atom is 0.250 e. The van der Waals surface area contributed by atoms with Crippen molar-refractivity contribution < 1.29 is 14.0 Å². The van der Waals surface area contributed by atoms with Gasteiger partial charge in [-0.3, -0.25) is 9.59 Å². The van der Waals surface area contributed by atoms with E-state index < -0.39 is 17.6 Å². The van der Waals surface area contributed by atoms with Crippen LogP contribution in [0, 0.1) is 5.82 Å². The van der Waals surface area contributed by atoms with E-state index in [0.29, 0.717) is 11.3 Å². The minimum Gasteiger partial charge on any atom is -0.366 e. The number of hydrogen-bond acceptors (Lipinski definition) is 3. The number of benzene rings is 2. The normalized spacial score (nSPS) is 10.9. The maximum absolute atomic E-state index is 14.3. The van der Waals surface area contributed by atoms with Crippen LogP contribution in [0.4, 0.5) is 10.1 Å². The van der Waals surface area contributed by atoms with Crippen molar-refractivity contribution in [3.63, 3.8) is 0 Å². The van der Waals surface area contributed by atoms with Crippen molar-refractivity contribution in [3.8, 4) is 5.69 Å². The number of anilines is 1. The summed E-state index contributed by atoms with van der Waals surface area (Å²) < 4.78 is 16.4. The van der Waals surface area contributed by atoms with Crippen molar-refractivity contribution in [1.29, 1.82) is 0 Å². The van der Waals surface area contributed by atoms with E-state index in [0.717, 1.165) is 4.47 Å². The van der Waals surface area contributed by atoms with Crippen LogP contribution in [-0.2, 0) is 4.79 Å². The van der Waals surface area contributed by atoms with E-state index in [-0.39, 0.29) is 11.3 Å². The molecule has 0 bridgehead atoms. The molecule has 2 aromatic carbocycles. The van der Waals surface area contributed by atoms with Crippen LogP contribution in [0.15, 0.2) is 65.4 Å². The molecule has 0 saturated heterocycles. The van der Waals surface area contributed by atoms with Gasteiger partial charge in [-0.1, -0.05) is 18.2 Å². The van der Waals surface area contributed by atoms with Crippen LogP contribution in [0.2, 0.25) is 0 Å². The molecule has 0 unspecified atom stereocenters. The van der Waals surface area contributed by atoms with Crippen molar-refractivity contribution in [2.24, 2.45) is 5.73 Å². The molecule has 3 N–H and O–H groups in total. The zero-order valence-electron chi connectivity index (χ0n) is 13.9. The molecule has 27 heavy (non-hydrogen) atoms. The van der Waals surface area contributed by atoms with Gasteiger partial charge in [0.2, 0.25) is 5.91 Å². The highest BCUT2D eigenvalue weighted by Gasteiger charge is 2.09.